The average molecular weight is 196 g/mol. The largest absolute Gasteiger partial charge is 0.450 e. The van der Waals surface area contributed by atoms with Crippen LogP contribution in [0, 0.1) is 11.3 Å². The molecule has 0 radical (unpaired) electrons. The molecule has 5 heteroatoms. The summed E-state index contributed by atoms with van der Waals surface area (Å²) in [5.74, 6) is -0.352. The molecule has 1 heterocycles. The minimum absolute atomic E-state index is 0.171. The fourth-order valence-corrected chi connectivity index (χ4v) is 1.37. The number of ether oxygens (including phenoxy) is 1. The third kappa shape index (κ3) is 3.67. The molecule has 0 spiro atoms. The predicted molar refractivity (Wildman–Crippen MR) is 47.0 cm³/mol. The number of aromatic nitrogens is 1. The van der Waals surface area contributed by atoms with Crippen molar-refractivity contribution in [1.29, 1.82) is 5.26 Å². The average Bonchev–Trinajstić information content (AvgIpc) is 2.64. The highest BCUT2D eigenvalue weighted by atomic mass is 32.1. The molecule has 1 aromatic rings. The van der Waals surface area contributed by atoms with Crippen LogP contribution in [0.1, 0.15) is 12.1 Å². The molecule has 4 nitrogen and oxygen atoms in total. The standard InChI is InChI=1S/C8H8N2O2S/c9-3-4-12-8(11)2-1-7-5-13-6-10-7/h5-6H,1-2,4H2. The van der Waals surface area contributed by atoms with E-state index in [0.29, 0.717) is 6.42 Å². The van der Waals surface area contributed by atoms with Gasteiger partial charge in [-0.15, -0.1) is 11.3 Å². The smallest absolute Gasteiger partial charge is 0.307 e. The highest BCUT2D eigenvalue weighted by Gasteiger charge is 2.03. The number of rotatable bonds is 4. The highest BCUT2D eigenvalue weighted by Crippen LogP contribution is 2.04. The van der Waals surface area contributed by atoms with Crippen molar-refractivity contribution in [2.45, 2.75) is 12.8 Å². The molecule has 0 saturated heterocycles. The van der Waals surface area contributed by atoms with Crippen LogP contribution in [0.5, 0.6) is 0 Å². The Kier molecular flexibility index (Phi) is 3.93. The highest BCUT2D eigenvalue weighted by molar-refractivity contribution is 7.07. The maximum Gasteiger partial charge on any atom is 0.307 e. The van der Waals surface area contributed by atoms with E-state index < -0.39 is 0 Å². The molecular weight excluding hydrogens is 188 g/mol. The zero-order valence-electron chi connectivity index (χ0n) is 6.90. The first-order valence-corrected chi connectivity index (χ1v) is 4.67. The molecule has 0 atom stereocenters. The van der Waals surface area contributed by atoms with Crippen LogP contribution in [0.4, 0.5) is 0 Å². The Morgan fingerprint density at radius 3 is 3.23 bits per heavy atom. The van der Waals surface area contributed by atoms with Crippen molar-refractivity contribution in [3.05, 3.63) is 16.6 Å². The Labute approximate surface area is 79.8 Å². The van der Waals surface area contributed by atoms with Crippen LogP contribution in [0.3, 0.4) is 0 Å². The molecule has 0 aliphatic carbocycles. The van der Waals surface area contributed by atoms with Gasteiger partial charge in [0.2, 0.25) is 0 Å². The lowest BCUT2D eigenvalue weighted by atomic mass is 10.2. The molecule has 13 heavy (non-hydrogen) atoms. The molecule has 0 amide bonds. The van der Waals surface area contributed by atoms with Gasteiger partial charge in [0.25, 0.3) is 0 Å². The summed E-state index contributed by atoms with van der Waals surface area (Å²) in [5.41, 5.74) is 2.61. The summed E-state index contributed by atoms with van der Waals surface area (Å²) >= 11 is 1.49. The molecule has 0 N–H and O–H groups in total. The van der Waals surface area contributed by atoms with Gasteiger partial charge >= 0.3 is 5.97 Å². The Morgan fingerprint density at radius 2 is 2.62 bits per heavy atom. The summed E-state index contributed by atoms with van der Waals surface area (Å²) in [6.07, 6.45) is 0.860. The van der Waals surface area contributed by atoms with E-state index in [2.05, 4.69) is 9.72 Å². The minimum Gasteiger partial charge on any atom is -0.450 e. The SMILES string of the molecule is N#CCOC(=O)CCc1cscn1. The lowest BCUT2D eigenvalue weighted by Gasteiger charge is -1.97. The van der Waals surface area contributed by atoms with Crippen LogP contribution >= 0.6 is 11.3 Å². The Morgan fingerprint density at radius 1 is 1.77 bits per heavy atom. The van der Waals surface area contributed by atoms with Crippen LogP contribution in [-0.4, -0.2) is 17.6 Å². The van der Waals surface area contributed by atoms with Crippen LogP contribution in [0.25, 0.3) is 0 Å². The first-order chi connectivity index (χ1) is 6.33. The van der Waals surface area contributed by atoms with E-state index in [1.165, 1.54) is 11.3 Å². The van der Waals surface area contributed by atoms with Crippen LogP contribution in [0.15, 0.2) is 10.9 Å². The Balaban J connectivity index is 2.20. The molecule has 0 saturated carbocycles. The molecule has 0 unspecified atom stereocenters. The minimum atomic E-state index is -0.352. The van der Waals surface area contributed by atoms with Crippen molar-refractivity contribution >= 4 is 17.3 Å². The van der Waals surface area contributed by atoms with Crippen LogP contribution < -0.4 is 0 Å². The van der Waals surface area contributed by atoms with Crippen molar-refractivity contribution in [3.63, 3.8) is 0 Å². The van der Waals surface area contributed by atoms with E-state index in [1.807, 2.05) is 5.38 Å². The van der Waals surface area contributed by atoms with Crippen LogP contribution in [-0.2, 0) is 16.0 Å². The lowest BCUT2D eigenvalue weighted by Crippen LogP contribution is -2.05. The van der Waals surface area contributed by atoms with E-state index in [-0.39, 0.29) is 19.0 Å². The number of hydrogen-bond donors (Lipinski definition) is 0. The first kappa shape index (κ1) is 9.68. The van der Waals surface area contributed by atoms with Gasteiger partial charge < -0.3 is 4.74 Å². The second-order valence-corrected chi connectivity index (χ2v) is 3.02. The Hall–Kier alpha value is -1.41. The van der Waals surface area contributed by atoms with E-state index >= 15 is 0 Å². The number of hydrogen-bond acceptors (Lipinski definition) is 5. The second kappa shape index (κ2) is 5.27. The molecule has 1 aromatic heterocycles. The second-order valence-electron chi connectivity index (χ2n) is 2.30. The summed E-state index contributed by atoms with van der Waals surface area (Å²) in [6.45, 7) is -0.171. The maximum atomic E-state index is 10.9. The third-order valence-corrected chi connectivity index (χ3v) is 2.00. The van der Waals surface area contributed by atoms with E-state index in [9.17, 15) is 4.79 Å². The van der Waals surface area contributed by atoms with Gasteiger partial charge in [0, 0.05) is 11.8 Å². The number of nitriles is 1. The van der Waals surface area contributed by atoms with Crippen molar-refractivity contribution in [1.82, 2.24) is 4.98 Å². The summed E-state index contributed by atoms with van der Waals surface area (Å²) < 4.78 is 4.57. The Bertz CT molecular complexity index is 302. The van der Waals surface area contributed by atoms with Gasteiger partial charge in [0.05, 0.1) is 17.6 Å². The maximum absolute atomic E-state index is 10.9. The summed E-state index contributed by atoms with van der Waals surface area (Å²) in [4.78, 5) is 14.9. The van der Waals surface area contributed by atoms with Gasteiger partial charge in [-0.25, -0.2) is 4.98 Å². The van der Waals surface area contributed by atoms with Crippen LogP contribution in [0.2, 0.25) is 0 Å². The molecular formula is C8H8N2O2S. The summed E-state index contributed by atoms with van der Waals surface area (Å²) in [7, 11) is 0. The molecule has 0 fully saturated rings. The van der Waals surface area contributed by atoms with Gasteiger partial charge in [-0.05, 0) is 0 Å². The normalized spacial score (nSPS) is 9.15. The zero-order chi connectivity index (χ0) is 9.52. The van der Waals surface area contributed by atoms with Gasteiger partial charge in [-0.2, -0.15) is 5.26 Å². The number of thiazole rings is 1. The van der Waals surface area contributed by atoms with Gasteiger partial charge in [0.15, 0.2) is 6.61 Å². The zero-order valence-corrected chi connectivity index (χ0v) is 7.71. The number of aryl methyl sites for hydroxylation is 1. The monoisotopic (exact) mass is 196 g/mol. The van der Waals surface area contributed by atoms with Crippen molar-refractivity contribution in [3.8, 4) is 6.07 Å². The van der Waals surface area contributed by atoms with E-state index in [1.54, 1.807) is 11.6 Å². The number of nitrogens with zero attached hydrogens (tertiary/aromatic N) is 2. The molecule has 0 aliphatic rings. The van der Waals surface area contributed by atoms with E-state index in [4.69, 9.17) is 5.26 Å². The quantitative estimate of drug-likeness (QED) is 0.677. The topological polar surface area (TPSA) is 63.0 Å². The number of esters is 1. The predicted octanol–water partition coefficient (Wildman–Crippen LogP) is 1.14. The first-order valence-electron chi connectivity index (χ1n) is 3.72. The molecule has 0 bridgehead atoms. The van der Waals surface area contributed by atoms with Crippen molar-refractivity contribution < 1.29 is 9.53 Å². The van der Waals surface area contributed by atoms with Crippen molar-refractivity contribution in [2.24, 2.45) is 0 Å². The molecule has 1 rings (SSSR count). The number of carbonyl (C=O) groups excluding carboxylic acids is 1. The fraction of sp³-hybridized carbons (Fsp3) is 0.375. The molecule has 68 valence electrons. The number of carbonyl (C=O) groups is 1. The van der Waals surface area contributed by atoms with Gasteiger partial charge in [0.1, 0.15) is 6.07 Å². The van der Waals surface area contributed by atoms with E-state index in [0.717, 1.165) is 5.69 Å². The van der Waals surface area contributed by atoms with Gasteiger partial charge in [-0.1, -0.05) is 0 Å². The van der Waals surface area contributed by atoms with Gasteiger partial charge in [-0.3, -0.25) is 4.79 Å². The molecule has 0 aromatic carbocycles. The summed E-state index contributed by atoms with van der Waals surface area (Å²) in [5, 5.41) is 10.0. The third-order valence-electron chi connectivity index (χ3n) is 1.37. The molecule has 0 aliphatic heterocycles. The van der Waals surface area contributed by atoms with Crippen molar-refractivity contribution in [2.75, 3.05) is 6.61 Å². The lowest BCUT2D eigenvalue weighted by molar-refractivity contribution is -0.142. The summed E-state index contributed by atoms with van der Waals surface area (Å²) in [6, 6.07) is 1.74. The fourth-order valence-electron chi connectivity index (χ4n) is 0.776.